The van der Waals surface area contributed by atoms with E-state index >= 15 is 0 Å². The quantitative estimate of drug-likeness (QED) is 0.554. The number of anilines is 3. The Morgan fingerprint density at radius 2 is 1.94 bits per heavy atom. The number of nitrogens with zero attached hydrogens (tertiary/aromatic N) is 3. The van der Waals surface area contributed by atoms with Crippen LogP contribution in [0.15, 0.2) is 41.8 Å². The Bertz CT molecular complexity index is 1050. The average Bonchev–Trinajstić information content (AvgIpc) is 3.13. The molecule has 6 nitrogen and oxygen atoms in total. The second kappa shape index (κ2) is 9.58. The van der Waals surface area contributed by atoms with Crippen molar-refractivity contribution in [1.29, 1.82) is 0 Å². The molecule has 2 N–H and O–H groups in total. The van der Waals surface area contributed by atoms with Gasteiger partial charge in [-0.25, -0.2) is 4.98 Å². The first-order valence-corrected chi connectivity index (χ1v) is 11.6. The van der Waals surface area contributed by atoms with E-state index in [2.05, 4.69) is 57.1 Å². The second-order valence-electron chi connectivity index (χ2n) is 8.29. The van der Waals surface area contributed by atoms with Crippen molar-refractivity contribution in [2.24, 2.45) is 0 Å². The number of nitrogens with one attached hydrogen (secondary N) is 2. The number of carbonyl (C=O) groups excluding carboxylic acids is 1. The van der Waals surface area contributed by atoms with Gasteiger partial charge in [-0.1, -0.05) is 12.1 Å². The average molecular weight is 436 g/mol. The molecule has 1 saturated heterocycles. The summed E-state index contributed by atoms with van der Waals surface area (Å²) in [6, 6.07) is 12.4. The molecule has 0 radical (unpaired) electrons. The Labute approximate surface area is 187 Å². The maximum atomic E-state index is 11.2. The third kappa shape index (κ3) is 5.89. The highest BCUT2D eigenvalue weighted by molar-refractivity contribution is 7.13. The van der Waals surface area contributed by atoms with Crippen LogP contribution in [0, 0.1) is 13.8 Å². The van der Waals surface area contributed by atoms with Crippen molar-refractivity contribution in [3.8, 4) is 0 Å². The molecule has 3 aromatic rings. The van der Waals surface area contributed by atoms with Gasteiger partial charge < -0.3 is 10.6 Å². The van der Waals surface area contributed by atoms with E-state index in [1.165, 1.54) is 18.9 Å². The van der Waals surface area contributed by atoms with Gasteiger partial charge in [0.25, 0.3) is 0 Å². The van der Waals surface area contributed by atoms with Crippen LogP contribution >= 0.6 is 11.3 Å². The molecule has 1 atom stereocenters. The minimum atomic E-state index is -0.0452. The number of aromatic nitrogens is 2. The number of likely N-dealkylation sites (tertiary alicyclic amines) is 1. The highest BCUT2D eigenvalue weighted by atomic mass is 32.1. The molecule has 1 aromatic carbocycles. The fourth-order valence-corrected chi connectivity index (χ4v) is 4.81. The molecule has 7 heteroatoms. The number of benzene rings is 1. The molecule has 0 unspecified atom stereocenters. The minimum absolute atomic E-state index is 0.0452. The van der Waals surface area contributed by atoms with Crippen molar-refractivity contribution >= 4 is 33.8 Å². The second-order valence-corrected chi connectivity index (χ2v) is 9.15. The van der Waals surface area contributed by atoms with Gasteiger partial charge >= 0.3 is 0 Å². The van der Waals surface area contributed by atoms with E-state index in [-0.39, 0.29) is 5.91 Å². The Kier molecular flexibility index (Phi) is 6.63. The van der Waals surface area contributed by atoms with Crippen molar-refractivity contribution in [1.82, 2.24) is 14.9 Å². The number of aryl methyl sites for hydroxylation is 2. The molecule has 3 heterocycles. The van der Waals surface area contributed by atoms with Crippen LogP contribution in [-0.2, 0) is 11.3 Å². The summed E-state index contributed by atoms with van der Waals surface area (Å²) < 4.78 is 0. The normalized spacial score (nSPS) is 16.8. The van der Waals surface area contributed by atoms with Gasteiger partial charge in [-0.05, 0) is 63.1 Å². The van der Waals surface area contributed by atoms with Gasteiger partial charge in [0.2, 0.25) is 5.91 Å². The van der Waals surface area contributed by atoms with Gasteiger partial charge in [-0.3, -0.25) is 14.7 Å². The summed E-state index contributed by atoms with van der Waals surface area (Å²) in [6.45, 7) is 8.60. The summed E-state index contributed by atoms with van der Waals surface area (Å²) in [6.07, 6.45) is 2.32. The van der Waals surface area contributed by atoms with E-state index in [0.717, 1.165) is 59.6 Å². The summed E-state index contributed by atoms with van der Waals surface area (Å²) in [7, 11) is 0. The Morgan fingerprint density at radius 3 is 2.65 bits per heavy atom. The van der Waals surface area contributed by atoms with Crippen molar-refractivity contribution in [2.45, 2.75) is 46.1 Å². The molecular weight excluding hydrogens is 406 g/mol. The number of hydrogen-bond acceptors (Lipinski definition) is 6. The van der Waals surface area contributed by atoms with Crippen molar-refractivity contribution in [2.75, 3.05) is 23.7 Å². The van der Waals surface area contributed by atoms with Gasteiger partial charge in [-0.2, -0.15) is 0 Å². The number of amides is 1. The molecule has 0 saturated carbocycles. The van der Waals surface area contributed by atoms with Gasteiger partial charge in [0.05, 0.1) is 5.69 Å². The van der Waals surface area contributed by atoms with E-state index in [0.29, 0.717) is 5.92 Å². The van der Waals surface area contributed by atoms with E-state index < -0.39 is 0 Å². The molecule has 31 heavy (non-hydrogen) atoms. The summed E-state index contributed by atoms with van der Waals surface area (Å²) in [4.78, 5) is 23.1. The Morgan fingerprint density at radius 1 is 1.13 bits per heavy atom. The molecule has 0 spiro atoms. The molecule has 4 rings (SSSR count). The van der Waals surface area contributed by atoms with Crippen LogP contribution in [0.1, 0.15) is 48.3 Å². The number of carbonyl (C=O) groups is 1. The van der Waals surface area contributed by atoms with Crippen molar-refractivity contribution in [3.63, 3.8) is 0 Å². The van der Waals surface area contributed by atoms with E-state index in [1.54, 1.807) is 11.3 Å². The number of hydrogen-bond donors (Lipinski definition) is 2. The van der Waals surface area contributed by atoms with Crippen LogP contribution in [0.2, 0.25) is 0 Å². The van der Waals surface area contributed by atoms with E-state index in [4.69, 9.17) is 4.98 Å². The van der Waals surface area contributed by atoms with Gasteiger partial charge in [0.15, 0.2) is 5.13 Å². The maximum absolute atomic E-state index is 11.2. The molecule has 162 valence electrons. The predicted octanol–water partition coefficient (Wildman–Crippen LogP) is 5.24. The highest BCUT2D eigenvalue weighted by Gasteiger charge is 2.23. The Balaban J connectivity index is 1.42. The maximum Gasteiger partial charge on any atom is 0.221 e. The fourth-order valence-electron chi connectivity index (χ4n) is 4.11. The zero-order chi connectivity index (χ0) is 21.8. The summed E-state index contributed by atoms with van der Waals surface area (Å²) in [5.74, 6) is 0.377. The highest BCUT2D eigenvalue weighted by Crippen LogP contribution is 2.30. The predicted molar refractivity (Wildman–Crippen MR) is 127 cm³/mol. The van der Waals surface area contributed by atoms with Crippen LogP contribution in [0.25, 0.3) is 0 Å². The van der Waals surface area contributed by atoms with Crippen molar-refractivity contribution < 1.29 is 4.79 Å². The first kappa shape index (κ1) is 21.5. The van der Waals surface area contributed by atoms with Crippen molar-refractivity contribution in [3.05, 3.63) is 64.4 Å². The molecular formula is C24H29N5OS. The summed E-state index contributed by atoms with van der Waals surface area (Å²) in [5.41, 5.74) is 6.37. The molecule has 0 aliphatic carbocycles. The largest absolute Gasteiger partial charge is 0.331 e. The van der Waals surface area contributed by atoms with Crippen LogP contribution in [0.4, 0.5) is 16.5 Å². The Hall–Kier alpha value is -2.77. The van der Waals surface area contributed by atoms with Crippen LogP contribution in [0.5, 0.6) is 0 Å². The summed E-state index contributed by atoms with van der Waals surface area (Å²) >= 11 is 1.62. The first-order chi connectivity index (χ1) is 14.9. The molecule has 1 aliphatic heterocycles. The van der Waals surface area contributed by atoms with Crippen LogP contribution in [-0.4, -0.2) is 33.9 Å². The zero-order valence-corrected chi connectivity index (χ0v) is 19.1. The first-order valence-electron chi connectivity index (χ1n) is 10.7. The van der Waals surface area contributed by atoms with Crippen LogP contribution < -0.4 is 10.6 Å². The van der Waals surface area contributed by atoms with E-state index in [1.807, 2.05) is 19.1 Å². The number of thiazole rings is 1. The monoisotopic (exact) mass is 435 g/mol. The molecule has 0 bridgehead atoms. The SMILES string of the molecule is CC(=O)Nc1ccc(CN2CCC[C@H](c3cc(Nc4nc(C)cs4)cc(C)n3)C2)cc1. The molecule has 1 fully saturated rings. The molecule has 1 aliphatic rings. The lowest BCUT2D eigenvalue weighted by atomic mass is 9.93. The topological polar surface area (TPSA) is 70.2 Å². The van der Waals surface area contributed by atoms with Crippen LogP contribution in [0.3, 0.4) is 0 Å². The fraction of sp³-hybridized carbons (Fsp3) is 0.375. The lowest BCUT2D eigenvalue weighted by molar-refractivity contribution is -0.114. The molecule has 1 amide bonds. The number of pyridine rings is 1. The smallest absolute Gasteiger partial charge is 0.221 e. The number of piperidine rings is 1. The minimum Gasteiger partial charge on any atom is -0.331 e. The third-order valence-electron chi connectivity index (χ3n) is 5.45. The lowest BCUT2D eigenvalue weighted by Crippen LogP contribution is -2.34. The molecule has 2 aromatic heterocycles. The van der Waals surface area contributed by atoms with Gasteiger partial charge in [0, 0.05) is 54.1 Å². The van der Waals surface area contributed by atoms with Gasteiger partial charge in [0.1, 0.15) is 0 Å². The lowest BCUT2D eigenvalue weighted by Gasteiger charge is -2.32. The standard InChI is InChI=1S/C24H29N5OS/c1-16-11-22(28-24-26-17(2)15-31-24)12-23(25-16)20-5-4-10-29(14-20)13-19-6-8-21(9-7-19)27-18(3)30/h6-9,11-12,15,20H,4-5,10,13-14H2,1-3H3,(H,27,30)(H,25,26,28)/t20-/m0/s1. The number of rotatable bonds is 6. The zero-order valence-electron chi connectivity index (χ0n) is 18.3. The summed E-state index contributed by atoms with van der Waals surface area (Å²) in [5, 5.41) is 9.23. The van der Waals surface area contributed by atoms with Gasteiger partial charge in [-0.15, -0.1) is 11.3 Å². The van der Waals surface area contributed by atoms with E-state index in [9.17, 15) is 4.79 Å². The third-order valence-corrected chi connectivity index (χ3v) is 6.32.